The van der Waals surface area contributed by atoms with Crippen LogP contribution in [0.4, 0.5) is 11.4 Å². The lowest BCUT2D eigenvalue weighted by atomic mass is 10.0. The van der Waals surface area contributed by atoms with E-state index in [-0.39, 0.29) is 29.2 Å². The average Bonchev–Trinajstić information content (AvgIpc) is 3.05. The number of carbonyl (C=O) groups is 2. The van der Waals surface area contributed by atoms with E-state index in [9.17, 15) is 28.1 Å². The molecule has 4 aromatic rings. The van der Waals surface area contributed by atoms with Crippen molar-refractivity contribution in [1.82, 2.24) is 10.2 Å². The maximum Gasteiger partial charge on any atom is 0.271 e. The maximum atomic E-state index is 14.4. The molecule has 0 fully saturated rings. The second-order valence-corrected chi connectivity index (χ2v) is 12.5. The highest BCUT2D eigenvalue weighted by Crippen LogP contribution is 2.28. The molecule has 1 N–H and O–H groups in total. The zero-order chi connectivity index (χ0) is 32.4. The van der Waals surface area contributed by atoms with Gasteiger partial charge in [0.05, 0.1) is 15.5 Å². The normalized spacial score (nSPS) is 11.8. The van der Waals surface area contributed by atoms with Crippen LogP contribution in [0.3, 0.4) is 0 Å². The number of nitro groups is 1. The Hall–Kier alpha value is -4.74. The van der Waals surface area contributed by atoms with Crippen molar-refractivity contribution >= 4 is 44.8 Å². The molecular formula is C33H33ClN4O6S. The number of rotatable bonds is 14. The molecule has 4 aromatic carbocycles. The van der Waals surface area contributed by atoms with Crippen molar-refractivity contribution in [3.05, 3.63) is 135 Å². The van der Waals surface area contributed by atoms with E-state index in [0.29, 0.717) is 23.6 Å². The molecule has 0 aliphatic rings. The van der Waals surface area contributed by atoms with Gasteiger partial charge in [-0.25, -0.2) is 8.42 Å². The Balaban J connectivity index is 1.81. The first kappa shape index (κ1) is 33.2. The molecule has 4 rings (SSSR count). The SMILES string of the molecule is CCCNC(=O)[C@H](Cc1ccccc1)N(Cc1ccc(Cl)cc1)C(=O)CN(c1cccc([N+](=O)[O-])c1)S(=O)(=O)c1ccccc1. The summed E-state index contributed by atoms with van der Waals surface area (Å²) in [6, 6.07) is 27.6. The first-order valence-electron chi connectivity index (χ1n) is 14.3. The third kappa shape index (κ3) is 8.68. The van der Waals surface area contributed by atoms with Crippen molar-refractivity contribution in [2.24, 2.45) is 0 Å². The Morgan fingerprint density at radius 3 is 2.16 bits per heavy atom. The molecule has 2 amide bonds. The molecule has 0 radical (unpaired) electrons. The number of hydrogen-bond acceptors (Lipinski definition) is 6. The molecule has 0 saturated heterocycles. The molecule has 1 atom stereocenters. The molecule has 12 heteroatoms. The Kier molecular flexibility index (Phi) is 11.3. The van der Waals surface area contributed by atoms with Gasteiger partial charge in [0, 0.05) is 36.7 Å². The van der Waals surface area contributed by atoms with Crippen molar-refractivity contribution in [3.8, 4) is 0 Å². The van der Waals surface area contributed by atoms with Crippen molar-refractivity contribution < 1.29 is 22.9 Å². The minimum atomic E-state index is -4.38. The van der Waals surface area contributed by atoms with Crippen LogP contribution in [0.5, 0.6) is 0 Å². The van der Waals surface area contributed by atoms with Crippen LogP contribution in [0.25, 0.3) is 0 Å². The zero-order valence-electron chi connectivity index (χ0n) is 24.6. The van der Waals surface area contributed by atoms with Gasteiger partial charge < -0.3 is 10.2 Å². The molecule has 0 heterocycles. The van der Waals surface area contributed by atoms with Crippen LogP contribution in [0.2, 0.25) is 5.02 Å². The standard InChI is InChI=1S/C33H33ClN4O6S/c1-2-20-35-33(40)31(21-25-10-5-3-6-11-25)36(23-26-16-18-27(34)19-17-26)32(39)24-37(28-12-9-13-29(22-28)38(41)42)45(43,44)30-14-7-4-8-15-30/h3-19,22,31H,2,20-21,23-24H2,1H3,(H,35,40)/t31-/m0/s1. The molecule has 10 nitrogen and oxygen atoms in total. The largest absolute Gasteiger partial charge is 0.354 e. The summed E-state index contributed by atoms with van der Waals surface area (Å²) in [4.78, 5) is 40.2. The first-order valence-corrected chi connectivity index (χ1v) is 16.1. The number of nitro benzene ring substituents is 1. The van der Waals surface area contributed by atoms with E-state index >= 15 is 0 Å². The lowest BCUT2D eigenvalue weighted by molar-refractivity contribution is -0.384. The van der Waals surface area contributed by atoms with Gasteiger partial charge in [-0.1, -0.05) is 85.3 Å². The molecule has 45 heavy (non-hydrogen) atoms. The van der Waals surface area contributed by atoms with Crippen LogP contribution in [-0.2, 0) is 32.6 Å². The van der Waals surface area contributed by atoms with E-state index < -0.39 is 39.3 Å². The first-order chi connectivity index (χ1) is 21.6. The van der Waals surface area contributed by atoms with Crippen molar-refractivity contribution in [2.75, 3.05) is 17.4 Å². The molecule has 0 aliphatic heterocycles. The average molecular weight is 649 g/mol. The van der Waals surface area contributed by atoms with E-state index in [4.69, 9.17) is 11.6 Å². The lowest BCUT2D eigenvalue weighted by Gasteiger charge is -2.34. The van der Waals surface area contributed by atoms with Gasteiger partial charge in [0.2, 0.25) is 11.8 Å². The summed E-state index contributed by atoms with van der Waals surface area (Å²) in [6.07, 6.45) is 0.836. The molecular weight excluding hydrogens is 616 g/mol. The number of halogens is 1. The predicted octanol–water partition coefficient (Wildman–Crippen LogP) is 5.61. The fourth-order valence-corrected chi connectivity index (χ4v) is 6.27. The minimum Gasteiger partial charge on any atom is -0.354 e. The van der Waals surface area contributed by atoms with Crippen LogP contribution in [0, 0.1) is 10.1 Å². The topological polar surface area (TPSA) is 130 Å². The third-order valence-corrected chi connectivity index (χ3v) is 9.07. The Labute approximate surface area is 267 Å². The van der Waals surface area contributed by atoms with Crippen LogP contribution in [-0.4, -0.2) is 49.2 Å². The number of amides is 2. The molecule has 0 spiro atoms. The zero-order valence-corrected chi connectivity index (χ0v) is 26.2. The number of non-ortho nitro benzene ring substituents is 1. The van der Waals surface area contributed by atoms with E-state index in [2.05, 4.69) is 5.32 Å². The second-order valence-electron chi connectivity index (χ2n) is 10.2. The van der Waals surface area contributed by atoms with Gasteiger partial charge in [0.25, 0.3) is 15.7 Å². The predicted molar refractivity (Wildman–Crippen MR) is 173 cm³/mol. The number of nitrogens with one attached hydrogen (secondary N) is 1. The molecule has 0 aliphatic carbocycles. The second kappa shape index (κ2) is 15.3. The van der Waals surface area contributed by atoms with Gasteiger partial charge in [-0.2, -0.15) is 0 Å². The molecule has 0 unspecified atom stereocenters. The number of benzene rings is 4. The van der Waals surface area contributed by atoms with Crippen molar-refractivity contribution in [1.29, 1.82) is 0 Å². The monoisotopic (exact) mass is 648 g/mol. The van der Waals surface area contributed by atoms with E-state index in [0.717, 1.165) is 15.9 Å². The third-order valence-electron chi connectivity index (χ3n) is 7.03. The fourth-order valence-electron chi connectivity index (χ4n) is 4.72. The van der Waals surface area contributed by atoms with E-state index in [1.807, 2.05) is 37.3 Å². The summed E-state index contributed by atoms with van der Waals surface area (Å²) in [5.41, 5.74) is 1.06. The van der Waals surface area contributed by atoms with Gasteiger partial charge in [-0.15, -0.1) is 0 Å². The summed E-state index contributed by atoms with van der Waals surface area (Å²) in [6.45, 7) is 1.54. The Bertz CT molecular complexity index is 1720. The summed E-state index contributed by atoms with van der Waals surface area (Å²) >= 11 is 6.10. The quantitative estimate of drug-likeness (QED) is 0.140. The molecule has 0 bridgehead atoms. The van der Waals surface area contributed by atoms with Gasteiger partial charge in [0.15, 0.2) is 0 Å². The van der Waals surface area contributed by atoms with Crippen LogP contribution < -0.4 is 9.62 Å². The minimum absolute atomic E-state index is 0.0266. The number of anilines is 1. The number of sulfonamides is 1. The molecule has 0 saturated carbocycles. The highest BCUT2D eigenvalue weighted by atomic mass is 35.5. The molecule has 234 valence electrons. The summed E-state index contributed by atoms with van der Waals surface area (Å²) in [5, 5.41) is 15.0. The van der Waals surface area contributed by atoms with Crippen LogP contribution in [0.1, 0.15) is 24.5 Å². The number of carbonyl (C=O) groups excluding carboxylic acids is 2. The van der Waals surface area contributed by atoms with Crippen LogP contribution in [0.15, 0.2) is 114 Å². The number of nitrogens with zero attached hydrogens (tertiary/aromatic N) is 3. The highest BCUT2D eigenvalue weighted by molar-refractivity contribution is 7.92. The Morgan fingerprint density at radius 2 is 1.53 bits per heavy atom. The summed E-state index contributed by atoms with van der Waals surface area (Å²) in [7, 11) is -4.38. The lowest BCUT2D eigenvalue weighted by Crippen LogP contribution is -2.53. The van der Waals surface area contributed by atoms with Crippen molar-refractivity contribution in [2.45, 2.75) is 37.2 Å². The maximum absolute atomic E-state index is 14.4. The smallest absolute Gasteiger partial charge is 0.271 e. The van der Waals surface area contributed by atoms with Gasteiger partial charge in [-0.3, -0.25) is 24.0 Å². The summed E-state index contributed by atoms with van der Waals surface area (Å²) < 4.78 is 28.8. The van der Waals surface area contributed by atoms with E-state index in [1.165, 1.54) is 35.2 Å². The van der Waals surface area contributed by atoms with Crippen molar-refractivity contribution in [3.63, 3.8) is 0 Å². The van der Waals surface area contributed by atoms with Gasteiger partial charge >= 0.3 is 0 Å². The van der Waals surface area contributed by atoms with Gasteiger partial charge in [0.1, 0.15) is 12.6 Å². The summed E-state index contributed by atoms with van der Waals surface area (Å²) in [5.74, 6) is -1.07. The Morgan fingerprint density at radius 1 is 0.889 bits per heavy atom. The van der Waals surface area contributed by atoms with E-state index in [1.54, 1.807) is 42.5 Å². The van der Waals surface area contributed by atoms with Gasteiger partial charge in [-0.05, 0) is 47.9 Å². The fraction of sp³-hybridized carbons (Fsp3) is 0.212. The molecule has 0 aromatic heterocycles. The van der Waals surface area contributed by atoms with Crippen LogP contribution >= 0.6 is 11.6 Å². The number of hydrogen-bond donors (Lipinski definition) is 1. The highest BCUT2D eigenvalue weighted by Gasteiger charge is 2.35.